The summed E-state index contributed by atoms with van der Waals surface area (Å²) in [6.45, 7) is 4.79. The first kappa shape index (κ1) is 18.2. The molecule has 1 aliphatic heterocycles. The Morgan fingerprint density at radius 2 is 1.59 bits per heavy atom. The maximum absolute atomic E-state index is 6.27. The molecule has 3 nitrogen and oxygen atoms in total. The average Bonchev–Trinajstić information content (AvgIpc) is 3.19. The van der Waals surface area contributed by atoms with E-state index in [-0.39, 0.29) is 0 Å². The van der Waals surface area contributed by atoms with Gasteiger partial charge in [-0.25, -0.2) is 0 Å². The summed E-state index contributed by atoms with van der Waals surface area (Å²) in [6, 6.07) is 22.2. The summed E-state index contributed by atoms with van der Waals surface area (Å²) in [4.78, 5) is 5.46. The lowest BCUT2D eigenvalue weighted by Gasteiger charge is -2.35. The van der Waals surface area contributed by atoms with Gasteiger partial charge in [-0.15, -0.1) is 0 Å². The van der Waals surface area contributed by atoms with Crippen LogP contribution in [0.3, 0.4) is 0 Å². The standard InChI is InChI=1S/C22H21ClN2OS/c23-19-9-5-4-8-18(19)20-10-11-21(26-20)22(27)25-14-12-24(13-15-25)16-17-6-2-1-3-7-17/h1-11H,12-16H2. The van der Waals surface area contributed by atoms with Crippen molar-refractivity contribution in [1.82, 2.24) is 9.80 Å². The van der Waals surface area contributed by atoms with Crippen LogP contribution in [-0.2, 0) is 6.54 Å². The summed E-state index contributed by atoms with van der Waals surface area (Å²) in [5.41, 5.74) is 2.24. The van der Waals surface area contributed by atoms with Crippen LogP contribution in [0, 0.1) is 0 Å². The van der Waals surface area contributed by atoms with Gasteiger partial charge >= 0.3 is 0 Å². The first-order valence-corrected chi connectivity index (χ1v) is 9.89. The van der Waals surface area contributed by atoms with Crippen LogP contribution in [0.4, 0.5) is 0 Å². The second-order valence-corrected chi connectivity index (χ2v) is 7.49. The fraction of sp³-hybridized carbons (Fsp3) is 0.227. The van der Waals surface area contributed by atoms with Gasteiger partial charge in [-0.05, 0) is 29.8 Å². The topological polar surface area (TPSA) is 19.6 Å². The van der Waals surface area contributed by atoms with Gasteiger partial charge in [0.25, 0.3) is 0 Å². The molecule has 27 heavy (non-hydrogen) atoms. The minimum absolute atomic E-state index is 0.679. The highest BCUT2D eigenvalue weighted by Crippen LogP contribution is 2.29. The second-order valence-electron chi connectivity index (χ2n) is 6.70. The number of rotatable bonds is 4. The van der Waals surface area contributed by atoms with Crippen molar-refractivity contribution in [2.24, 2.45) is 0 Å². The first-order valence-electron chi connectivity index (χ1n) is 9.11. The van der Waals surface area contributed by atoms with Crippen LogP contribution in [0.15, 0.2) is 71.1 Å². The molecule has 0 unspecified atom stereocenters. The number of halogens is 1. The molecule has 0 aliphatic carbocycles. The zero-order chi connectivity index (χ0) is 18.6. The number of benzene rings is 2. The molecule has 138 valence electrons. The van der Waals surface area contributed by atoms with Gasteiger partial charge in [0.05, 0.1) is 5.02 Å². The predicted octanol–water partition coefficient (Wildman–Crippen LogP) is 5.09. The van der Waals surface area contributed by atoms with E-state index in [1.54, 1.807) is 0 Å². The number of nitrogens with zero attached hydrogens (tertiary/aromatic N) is 2. The van der Waals surface area contributed by atoms with Crippen molar-refractivity contribution in [3.63, 3.8) is 0 Å². The molecule has 2 heterocycles. The van der Waals surface area contributed by atoms with E-state index < -0.39 is 0 Å². The largest absolute Gasteiger partial charge is 0.454 e. The Hall–Kier alpha value is -2.14. The number of piperazine rings is 1. The van der Waals surface area contributed by atoms with Crippen molar-refractivity contribution in [3.05, 3.63) is 83.1 Å². The van der Waals surface area contributed by atoms with Crippen molar-refractivity contribution in [1.29, 1.82) is 0 Å². The Morgan fingerprint density at radius 3 is 2.33 bits per heavy atom. The zero-order valence-electron chi connectivity index (χ0n) is 15.0. The third-order valence-electron chi connectivity index (χ3n) is 4.86. The van der Waals surface area contributed by atoms with E-state index in [1.807, 2.05) is 36.4 Å². The molecule has 0 amide bonds. The number of hydrogen-bond acceptors (Lipinski definition) is 3. The van der Waals surface area contributed by atoms with Crippen LogP contribution < -0.4 is 0 Å². The third-order valence-corrected chi connectivity index (χ3v) is 5.65. The molecule has 0 bridgehead atoms. The van der Waals surface area contributed by atoms with Crippen LogP contribution in [0.1, 0.15) is 11.3 Å². The predicted molar refractivity (Wildman–Crippen MR) is 114 cm³/mol. The van der Waals surface area contributed by atoms with Crippen molar-refractivity contribution < 1.29 is 4.42 Å². The minimum atomic E-state index is 0.679. The van der Waals surface area contributed by atoms with E-state index in [4.69, 9.17) is 28.2 Å². The highest BCUT2D eigenvalue weighted by atomic mass is 35.5. The van der Waals surface area contributed by atoms with Crippen molar-refractivity contribution in [3.8, 4) is 11.3 Å². The molecule has 4 rings (SSSR count). The van der Waals surface area contributed by atoms with E-state index in [0.717, 1.165) is 54.8 Å². The first-order chi connectivity index (χ1) is 13.2. The molecule has 1 saturated heterocycles. The summed E-state index contributed by atoms with van der Waals surface area (Å²) in [5.74, 6) is 1.48. The van der Waals surface area contributed by atoms with Gasteiger partial charge in [0.1, 0.15) is 10.7 Å². The SMILES string of the molecule is S=C(c1ccc(-c2ccccc2Cl)o1)N1CCN(Cc2ccccc2)CC1. The highest BCUT2D eigenvalue weighted by Gasteiger charge is 2.22. The lowest BCUT2D eigenvalue weighted by Crippen LogP contribution is -2.47. The van der Waals surface area contributed by atoms with E-state index >= 15 is 0 Å². The van der Waals surface area contributed by atoms with Gasteiger partial charge in [0, 0.05) is 38.3 Å². The molecule has 1 aliphatic rings. The lowest BCUT2D eigenvalue weighted by molar-refractivity contribution is 0.176. The summed E-state index contributed by atoms with van der Waals surface area (Å²) in [5, 5.41) is 0.679. The monoisotopic (exact) mass is 396 g/mol. The number of hydrogen-bond donors (Lipinski definition) is 0. The molecule has 1 fully saturated rings. The van der Waals surface area contributed by atoms with Crippen LogP contribution in [0.2, 0.25) is 5.02 Å². The van der Waals surface area contributed by atoms with Gasteiger partial charge in [-0.1, -0.05) is 66.3 Å². The summed E-state index contributed by atoms with van der Waals surface area (Å²) in [6.07, 6.45) is 0. The van der Waals surface area contributed by atoms with Crippen LogP contribution in [-0.4, -0.2) is 41.0 Å². The van der Waals surface area contributed by atoms with E-state index in [0.29, 0.717) is 5.02 Å². The number of furan rings is 1. The van der Waals surface area contributed by atoms with Gasteiger partial charge in [-0.2, -0.15) is 0 Å². The molecule has 1 aromatic heterocycles. The van der Waals surface area contributed by atoms with E-state index in [2.05, 4.69) is 40.1 Å². The van der Waals surface area contributed by atoms with E-state index in [1.165, 1.54) is 5.56 Å². The fourth-order valence-electron chi connectivity index (χ4n) is 3.37. The third kappa shape index (κ3) is 4.24. The lowest BCUT2D eigenvalue weighted by atomic mass is 10.2. The quantitative estimate of drug-likeness (QED) is 0.571. The Morgan fingerprint density at radius 1 is 0.889 bits per heavy atom. The second kappa shape index (κ2) is 8.26. The molecule has 5 heteroatoms. The van der Waals surface area contributed by atoms with Crippen molar-refractivity contribution in [2.45, 2.75) is 6.54 Å². The molecule has 0 atom stereocenters. The zero-order valence-corrected chi connectivity index (χ0v) is 16.5. The van der Waals surface area contributed by atoms with Crippen LogP contribution in [0.25, 0.3) is 11.3 Å². The maximum atomic E-state index is 6.27. The molecule has 3 aromatic rings. The summed E-state index contributed by atoms with van der Waals surface area (Å²) in [7, 11) is 0. The minimum Gasteiger partial charge on any atom is -0.454 e. The summed E-state index contributed by atoms with van der Waals surface area (Å²) < 4.78 is 6.01. The van der Waals surface area contributed by atoms with Gasteiger partial charge in [0.2, 0.25) is 0 Å². The molecule has 0 radical (unpaired) electrons. The van der Waals surface area contributed by atoms with Crippen LogP contribution >= 0.6 is 23.8 Å². The molecular weight excluding hydrogens is 376 g/mol. The average molecular weight is 397 g/mol. The molecular formula is C22H21ClN2OS. The van der Waals surface area contributed by atoms with Gasteiger partial charge in [-0.3, -0.25) is 4.90 Å². The van der Waals surface area contributed by atoms with Crippen molar-refractivity contribution in [2.75, 3.05) is 26.2 Å². The Kier molecular flexibility index (Phi) is 5.58. The van der Waals surface area contributed by atoms with Gasteiger partial charge < -0.3 is 9.32 Å². The molecule has 2 aromatic carbocycles. The normalized spacial score (nSPS) is 15.1. The molecule has 0 spiro atoms. The van der Waals surface area contributed by atoms with E-state index in [9.17, 15) is 0 Å². The summed E-state index contributed by atoms with van der Waals surface area (Å²) >= 11 is 12.0. The maximum Gasteiger partial charge on any atom is 0.162 e. The highest BCUT2D eigenvalue weighted by molar-refractivity contribution is 7.80. The number of thiocarbonyl (C=S) groups is 1. The molecule has 0 saturated carbocycles. The molecule has 0 N–H and O–H groups in total. The van der Waals surface area contributed by atoms with Crippen LogP contribution in [0.5, 0.6) is 0 Å². The fourth-order valence-corrected chi connectivity index (χ4v) is 3.89. The van der Waals surface area contributed by atoms with Gasteiger partial charge in [0.15, 0.2) is 5.76 Å². The van der Waals surface area contributed by atoms with Crippen molar-refractivity contribution >= 4 is 28.8 Å². The Labute approximate surface area is 170 Å². The Bertz CT molecular complexity index is 917. The smallest absolute Gasteiger partial charge is 0.162 e. The Balaban J connectivity index is 1.38.